The second kappa shape index (κ2) is 12.6. The van der Waals surface area contributed by atoms with Crippen LogP contribution in [0, 0.1) is 13.8 Å². The molecule has 1 unspecified atom stereocenters. The van der Waals surface area contributed by atoms with Crippen molar-refractivity contribution in [2.45, 2.75) is 59.2 Å². The Morgan fingerprint density at radius 3 is 2.09 bits per heavy atom. The van der Waals surface area contributed by atoms with E-state index in [2.05, 4.69) is 77.3 Å². The number of carbonyl (C=O) groups is 2. The van der Waals surface area contributed by atoms with Crippen LogP contribution in [0.5, 0.6) is 0 Å². The summed E-state index contributed by atoms with van der Waals surface area (Å²) in [5.74, 6) is -0.0759. The van der Waals surface area contributed by atoms with Crippen LogP contribution < -0.4 is 10.9 Å². The molecular formula is C35H38N4O4. The van der Waals surface area contributed by atoms with Gasteiger partial charge in [-0.3, -0.25) is 4.79 Å². The first kappa shape index (κ1) is 29.6. The van der Waals surface area contributed by atoms with Gasteiger partial charge in [0.05, 0.1) is 29.9 Å². The smallest absolute Gasteiger partial charge is 0.437 e. The minimum atomic E-state index is -0.711. The molecule has 0 spiro atoms. The molecule has 2 heterocycles. The Hall–Kier alpha value is -4.85. The lowest BCUT2D eigenvalue weighted by Gasteiger charge is -2.21. The summed E-state index contributed by atoms with van der Waals surface area (Å²) in [5, 5.41) is 3.04. The highest BCUT2D eigenvalue weighted by Crippen LogP contribution is 2.22. The topological polar surface area (TPSA) is 90.8 Å². The van der Waals surface area contributed by atoms with E-state index < -0.39 is 11.7 Å². The normalized spacial score (nSPS) is 12.8. The fraction of sp³-hybridized carbons (Fsp3) is 0.286. The Morgan fingerprint density at radius 1 is 0.860 bits per heavy atom. The molecule has 0 radical (unpaired) electrons. The molecule has 1 N–H and O–H groups in total. The monoisotopic (exact) mass is 578 g/mol. The van der Waals surface area contributed by atoms with Gasteiger partial charge in [-0.15, -0.1) is 4.99 Å². The number of aromatic nitrogens is 2. The number of imidazole rings is 1. The first-order valence-electron chi connectivity index (χ1n) is 14.5. The van der Waals surface area contributed by atoms with E-state index in [9.17, 15) is 9.59 Å². The number of benzene rings is 3. The zero-order chi connectivity index (χ0) is 30.6. The van der Waals surface area contributed by atoms with Crippen molar-refractivity contribution in [2.24, 2.45) is 4.99 Å². The van der Waals surface area contributed by atoms with E-state index in [-0.39, 0.29) is 24.3 Å². The Bertz CT molecular complexity index is 1770. The zero-order valence-corrected chi connectivity index (χ0v) is 25.3. The SMILES string of the molecule is Cc1ccc(CC(CNC(=O)c2ccco2)n2c(=NC(=O)OC(C)(C)C)n(Cc3ccc(C)cc3)c3ccccc32)cc1. The number of amides is 2. The molecular weight excluding hydrogens is 540 g/mol. The number of ether oxygens (including phenoxy) is 1. The lowest BCUT2D eigenvalue weighted by atomic mass is 10.0. The third kappa shape index (κ3) is 7.33. The number of para-hydroxylation sites is 2. The molecule has 5 rings (SSSR count). The molecule has 8 nitrogen and oxygen atoms in total. The molecule has 0 aliphatic rings. The summed E-state index contributed by atoms with van der Waals surface area (Å²) in [7, 11) is 0. The summed E-state index contributed by atoms with van der Waals surface area (Å²) in [5.41, 5.74) is 6.03. The maximum absolute atomic E-state index is 13.2. The van der Waals surface area contributed by atoms with Crippen molar-refractivity contribution in [1.82, 2.24) is 14.5 Å². The van der Waals surface area contributed by atoms with Crippen LogP contribution in [0.4, 0.5) is 4.79 Å². The molecule has 2 aromatic heterocycles. The number of furan rings is 1. The number of carbonyl (C=O) groups excluding carboxylic acids is 2. The van der Waals surface area contributed by atoms with Crippen molar-refractivity contribution in [3.8, 4) is 0 Å². The molecule has 1 atom stereocenters. The molecule has 0 fully saturated rings. The lowest BCUT2D eigenvalue weighted by Crippen LogP contribution is -2.38. The van der Waals surface area contributed by atoms with Crippen molar-refractivity contribution >= 4 is 23.0 Å². The number of fused-ring (bicyclic) bond motifs is 1. The molecule has 0 aliphatic heterocycles. The van der Waals surface area contributed by atoms with Crippen LogP contribution in [0.1, 0.15) is 59.6 Å². The minimum Gasteiger partial charge on any atom is -0.459 e. The van der Waals surface area contributed by atoms with E-state index in [1.54, 1.807) is 12.1 Å². The van der Waals surface area contributed by atoms with E-state index in [4.69, 9.17) is 9.15 Å². The molecule has 0 bridgehead atoms. The second-order valence-corrected chi connectivity index (χ2v) is 11.9. The predicted octanol–water partition coefficient (Wildman–Crippen LogP) is 6.75. The summed E-state index contributed by atoms with van der Waals surface area (Å²) in [6.45, 7) is 10.3. The Labute approximate surface area is 251 Å². The molecule has 0 aliphatic carbocycles. The zero-order valence-electron chi connectivity index (χ0n) is 25.3. The maximum atomic E-state index is 13.2. The largest absolute Gasteiger partial charge is 0.459 e. The summed E-state index contributed by atoms with van der Waals surface area (Å²) in [4.78, 5) is 30.8. The number of nitrogens with one attached hydrogen (secondary N) is 1. The molecule has 2 amide bonds. The number of aryl methyl sites for hydroxylation is 2. The molecule has 222 valence electrons. The van der Waals surface area contributed by atoms with Gasteiger partial charge in [0, 0.05) is 6.54 Å². The third-order valence-corrected chi connectivity index (χ3v) is 7.14. The summed E-state index contributed by atoms with van der Waals surface area (Å²) in [6, 6.07) is 27.7. The van der Waals surface area contributed by atoms with Gasteiger partial charge in [0.25, 0.3) is 5.91 Å². The fourth-order valence-corrected chi connectivity index (χ4v) is 5.07. The average Bonchev–Trinajstić information content (AvgIpc) is 3.60. The Morgan fingerprint density at radius 2 is 1.49 bits per heavy atom. The van der Waals surface area contributed by atoms with Crippen LogP contribution in [0.15, 0.2) is 101 Å². The van der Waals surface area contributed by atoms with Gasteiger partial charge in [0.1, 0.15) is 5.60 Å². The van der Waals surface area contributed by atoms with Crippen LogP contribution in [0.25, 0.3) is 11.0 Å². The highest BCUT2D eigenvalue weighted by atomic mass is 16.6. The summed E-state index contributed by atoms with van der Waals surface area (Å²) in [6.07, 6.45) is 1.38. The first-order chi connectivity index (χ1) is 20.6. The summed E-state index contributed by atoms with van der Waals surface area (Å²) < 4.78 is 15.1. The van der Waals surface area contributed by atoms with Crippen molar-refractivity contribution < 1.29 is 18.7 Å². The van der Waals surface area contributed by atoms with E-state index >= 15 is 0 Å². The van der Waals surface area contributed by atoms with Crippen molar-refractivity contribution in [1.29, 1.82) is 0 Å². The molecule has 0 saturated heterocycles. The fourth-order valence-electron chi connectivity index (χ4n) is 5.07. The van der Waals surface area contributed by atoms with Gasteiger partial charge >= 0.3 is 6.09 Å². The second-order valence-electron chi connectivity index (χ2n) is 11.9. The van der Waals surface area contributed by atoms with Gasteiger partial charge in [-0.2, -0.15) is 0 Å². The Balaban J connectivity index is 1.68. The number of hydrogen-bond acceptors (Lipinski definition) is 4. The predicted molar refractivity (Wildman–Crippen MR) is 167 cm³/mol. The van der Waals surface area contributed by atoms with Crippen LogP contribution in [-0.4, -0.2) is 33.3 Å². The van der Waals surface area contributed by atoms with Gasteiger partial charge in [0.15, 0.2) is 5.76 Å². The quantitative estimate of drug-likeness (QED) is 0.221. The third-order valence-electron chi connectivity index (χ3n) is 7.14. The lowest BCUT2D eigenvalue weighted by molar-refractivity contribution is 0.0592. The molecule has 43 heavy (non-hydrogen) atoms. The van der Waals surface area contributed by atoms with Crippen LogP contribution in [0.3, 0.4) is 0 Å². The van der Waals surface area contributed by atoms with Crippen LogP contribution >= 0.6 is 0 Å². The van der Waals surface area contributed by atoms with Gasteiger partial charge < -0.3 is 23.6 Å². The van der Waals surface area contributed by atoms with Crippen molar-refractivity contribution in [2.75, 3.05) is 6.54 Å². The highest BCUT2D eigenvalue weighted by Gasteiger charge is 2.24. The maximum Gasteiger partial charge on any atom is 0.437 e. The molecule has 8 heteroatoms. The first-order valence-corrected chi connectivity index (χ1v) is 14.5. The summed E-state index contributed by atoms with van der Waals surface area (Å²) >= 11 is 0. The van der Waals surface area contributed by atoms with Gasteiger partial charge in [0.2, 0.25) is 5.62 Å². The molecule has 3 aromatic carbocycles. The van der Waals surface area contributed by atoms with Crippen molar-refractivity contribution in [3.05, 3.63) is 125 Å². The number of rotatable bonds is 8. The van der Waals surface area contributed by atoms with Crippen LogP contribution in [-0.2, 0) is 17.7 Å². The highest BCUT2D eigenvalue weighted by molar-refractivity contribution is 5.91. The molecule has 0 saturated carbocycles. The minimum absolute atomic E-state index is 0.236. The van der Waals surface area contributed by atoms with Gasteiger partial charge in [-0.1, -0.05) is 71.8 Å². The van der Waals surface area contributed by atoms with E-state index in [0.29, 0.717) is 18.6 Å². The average molecular weight is 579 g/mol. The van der Waals surface area contributed by atoms with Gasteiger partial charge in [-0.05, 0) is 76.4 Å². The molecule has 5 aromatic rings. The number of nitrogens with zero attached hydrogens (tertiary/aromatic N) is 3. The standard InChI is InChI=1S/C35H38N4O4/c1-24-12-16-26(17-13-24)21-28(22-36-32(40)31-11-8-20-42-31)39-30-10-7-6-9-29(30)38(23-27-18-14-25(2)15-19-27)33(39)37-34(41)43-35(3,4)5/h6-20,28H,21-23H2,1-5H3,(H,36,40). The van der Waals surface area contributed by atoms with E-state index in [1.807, 2.05) is 49.6 Å². The van der Waals surface area contributed by atoms with Crippen LogP contribution in [0.2, 0.25) is 0 Å². The van der Waals surface area contributed by atoms with Crippen molar-refractivity contribution in [3.63, 3.8) is 0 Å². The van der Waals surface area contributed by atoms with Gasteiger partial charge in [-0.25, -0.2) is 4.79 Å². The van der Waals surface area contributed by atoms with E-state index in [0.717, 1.165) is 27.7 Å². The van der Waals surface area contributed by atoms with E-state index in [1.165, 1.54) is 11.8 Å². The number of hydrogen-bond donors (Lipinski definition) is 1. The Kier molecular flexibility index (Phi) is 8.66.